The summed E-state index contributed by atoms with van der Waals surface area (Å²) in [5, 5.41) is 0. The molecule has 1 rings (SSSR count). The van der Waals surface area contributed by atoms with Crippen LogP contribution in [0.3, 0.4) is 0 Å². The highest BCUT2D eigenvalue weighted by atomic mass is 19.1. The second kappa shape index (κ2) is 3.83. The van der Waals surface area contributed by atoms with Gasteiger partial charge in [-0.3, -0.25) is 0 Å². The molecule has 0 spiro atoms. The highest BCUT2D eigenvalue weighted by Gasteiger charge is 2.12. The Morgan fingerprint density at radius 1 is 1.31 bits per heavy atom. The molecule has 0 saturated heterocycles. The third kappa shape index (κ3) is 2.04. The molecule has 0 aromatic heterocycles. The van der Waals surface area contributed by atoms with Crippen molar-refractivity contribution in [3.63, 3.8) is 0 Å². The smallest absolute Gasteiger partial charge is 0.127 e. The largest absolute Gasteiger partial charge is 0.330 e. The molecule has 0 aliphatic carbocycles. The van der Waals surface area contributed by atoms with Crippen LogP contribution in [0.5, 0.6) is 0 Å². The Morgan fingerprint density at radius 3 is 2.46 bits per heavy atom. The Labute approximate surface area is 76.6 Å². The van der Waals surface area contributed by atoms with Crippen LogP contribution < -0.4 is 5.73 Å². The van der Waals surface area contributed by atoms with E-state index in [9.17, 15) is 8.78 Å². The second-order valence-electron chi connectivity index (χ2n) is 3.26. The maximum atomic E-state index is 13.2. The van der Waals surface area contributed by atoms with Gasteiger partial charge in [0, 0.05) is 0 Å². The molecule has 1 nitrogen and oxygen atoms in total. The summed E-state index contributed by atoms with van der Waals surface area (Å²) in [5.41, 5.74) is 6.05. The molecule has 1 atom stereocenters. The zero-order valence-corrected chi connectivity index (χ0v) is 7.77. The highest BCUT2D eigenvalue weighted by molar-refractivity contribution is 5.27. The van der Waals surface area contributed by atoms with E-state index in [1.54, 1.807) is 6.92 Å². The first kappa shape index (κ1) is 10.1. The molecule has 72 valence electrons. The van der Waals surface area contributed by atoms with E-state index in [0.717, 1.165) is 0 Å². The van der Waals surface area contributed by atoms with Crippen molar-refractivity contribution in [1.29, 1.82) is 0 Å². The van der Waals surface area contributed by atoms with Gasteiger partial charge in [0.25, 0.3) is 0 Å². The normalized spacial score (nSPS) is 13.0. The quantitative estimate of drug-likeness (QED) is 0.751. The van der Waals surface area contributed by atoms with E-state index >= 15 is 0 Å². The number of hydrogen-bond donors (Lipinski definition) is 1. The molecule has 2 N–H and O–H groups in total. The van der Waals surface area contributed by atoms with Crippen LogP contribution >= 0.6 is 0 Å². The van der Waals surface area contributed by atoms with Crippen molar-refractivity contribution in [1.82, 2.24) is 0 Å². The molecule has 0 saturated carbocycles. The van der Waals surface area contributed by atoms with Crippen molar-refractivity contribution in [2.45, 2.75) is 19.8 Å². The highest BCUT2D eigenvalue weighted by Crippen LogP contribution is 2.21. The number of aryl methyl sites for hydroxylation is 1. The molecule has 0 bridgehead atoms. The van der Waals surface area contributed by atoms with E-state index in [4.69, 9.17) is 5.73 Å². The minimum atomic E-state index is -0.378. The van der Waals surface area contributed by atoms with E-state index < -0.39 is 0 Å². The average Bonchev–Trinajstić information content (AvgIpc) is 2.10. The predicted molar refractivity (Wildman–Crippen MR) is 48.6 cm³/mol. The van der Waals surface area contributed by atoms with Gasteiger partial charge in [-0.2, -0.15) is 0 Å². The molecule has 13 heavy (non-hydrogen) atoms. The molecular weight excluding hydrogens is 172 g/mol. The van der Waals surface area contributed by atoms with Gasteiger partial charge in [0.2, 0.25) is 0 Å². The van der Waals surface area contributed by atoms with Crippen LogP contribution in [-0.4, -0.2) is 6.54 Å². The lowest BCUT2D eigenvalue weighted by atomic mass is 9.99. The summed E-state index contributed by atoms with van der Waals surface area (Å²) in [5.74, 6) is -0.899. The predicted octanol–water partition coefficient (Wildman–Crippen LogP) is 2.34. The molecule has 3 heteroatoms. The van der Waals surface area contributed by atoms with Gasteiger partial charge in [0.15, 0.2) is 0 Å². The van der Waals surface area contributed by atoms with Crippen molar-refractivity contribution < 1.29 is 8.78 Å². The summed E-state index contributed by atoms with van der Waals surface area (Å²) in [7, 11) is 0. The van der Waals surface area contributed by atoms with E-state index in [0.29, 0.717) is 17.7 Å². The summed E-state index contributed by atoms with van der Waals surface area (Å²) < 4.78 is 26.3. The molecule has 0 unspecified atom stereocenters. The molecule has 0 radical (unpaired) electrons. The van der Waals surface area contributed by atoms with Crippen LogP contribution in [0.15, 0.2) is 12.1 Å². The van der Waals surface area contributed by atoms with Gasteiger partial charge < -0.3 is 5.73 Å². The summed E-state index contributed by atoms with van der Waals surface area (Å²) in [6, 6.07) is 2.43. The van der Waals surface area contributed by atoms with Crippen LogP contribution in [0.25, 0.3) is 0 Å². The minimum Gasteiger partial charge on any atom is -0.330 e. The van der Waals surface area contributed by atoms with Gasteiger partial charge >= 0.3 is 0 Å². The lowest BCUT2D eigenvalue weighted by Gasteiger charge is -2.10. The first-order valence-electron chi connectivity index (χ1n) is 4.22. The van der Waals surface area contributed by atoms with Crippen molar-refractivity contribution >= 4 is 0 Å². The zero-order valence-electron chi connectivity index (χ0n) is 7.77. The van der Waals surface area contributed by atoms with Gasteiger partial charge in [0.05, 0.1) is 0 Å². The standard InChI is InChI=1S/C10H13F2N/c1-6-3-10(12)8(4-9(6)11)7(2)5-13/h3-4,7H,5,13H2,1-2H3/t7-/m1/s1. The fourth-order valence-electron chi connectivity index (χ4n) is 1.17. The minimum absolute atomic E-state index is 0.143. The van der Waals surface area contributed by atoms with Crippen molar-refractivity contribution in [2.75, 3.05) is 6.54 Å². The summed E-state index contributed by atoms with van der Waals surface area (Å²) in [4.78, 5) is 0. The Hall–Kier alpha value is -0.960. The number of rotatable bonds is 2. The monoisotopic (exact) mass is 185 g/mol. The van der Waals surface area contributed by atoms with Crippen molar-refractivity contribution in [3.05, 3.63) is 34.9 Å². The second-order valence-corrected chi connectivity index (χ2v) is 3.26. The third-order valence-electron chi connectivity index (χ3n) is 2.16. The van der Waals surface area contributed by atoms with Gasteiger partial charge in [-0.05, 0) is 42.6 Å². The lowest BCUT2D eigenvalue weighted by Crippen LogP contribution is -2.11. The summed E-state index contributed by atoms with van der Waals surface area (Å²) in [6.45, 7) is 3.63. The molecule has 0 aliphatic heterocycles. The Bertz CT molecular complexity index is 310. The lowest BCUT2D eigenvalue weighted by molar-refractivity contribution is 0.564. The van der Waals surface area contributed by atoms with Crippen molar-refractivity contribution in [3.8, 4) is 0 Å². The van der Waals surface area contributed by atoms with Crippen LogP contribution in [0.1, 0.15) is 24.0 Å². The van der Waals surface area contributed by atoms with E-state index in [-0.39, 0.29) is 17.6 Å². The molecule has 0 fully saturated rings. The molecule has 0 aliphatic rings. The SMILES string of the molecule is Cc1cc(F)c([C@H](C)CN)cc1F. The average molecular weight is 185 g/mol. The van der Waals surface area contributed by atoms with Crippen LogP contribution in [-0.2, 0) is 0 Å². The van der Waals surface area contributed by atoms with Gasteiger partial charge in [-0.25, -0.2) is 8.78 Å². The fraction of sp³-hybridized carbons (Fsp3) is 0.400. The van der Waals surface area contributed by atoms with E-state index in [1.165, 1.54) is 19.1 Å². The Kier molecular flexibility index (Phi) is 2.98. The number of nitrogens with two attached hydrogens (primary N) is 1. The van der Waals surface area contributed by atoms with Crippen LogP contribution in [0.4, 0.5) is 8.78 Å². The zero-order chi connectivity index (χ0) is 10.0. The molecule has 1 aromatic carbocycles. The molecular formula is C10H13F2N. The molecule has 0 heterocycles. The number of halogens is 2. The maximum Gasteiger partial charge on any atom is 0.127 e. The first-order chi connectivity index (χ1) is 6.06. The van der Waals surface area contributed by atoms with Crippen molar-refractivity contribution in [2.24, 2.45) is 5.73 Å². The number of benzene rings is 1. The fourth-order valence-corrected chi connectivity index (χ4v) is 1.17. The summed E-state index contributed by atoms with van der Waals surface area (Å²) in [6.07, 6.45) is 0. The van der Waals surface area contributed by atoms with Crippen LogP contribution in [0, 0.1) is 18.6 Å². The molecule has 0 amide bonds. The Morgan fingerprint density at radius 2 is 1.92 bits per heavy atom. The summed E-state index contributed by atoms with van der Waals surface area (Å²) >= 11 is 0. The molecule has 1 aromatic rings. The maximum absolute atomic E-state index is 13.2. The topological polar surface area (TPSA) is 26.0 Å². The Balaban J connectivity index is 3.15. The van der Waals surface area contributed by atoms with Gasteiger partial charge in [-0.1, -0.05) is 6.92 Å². The van der Waals surface area contributed by atoms with E-state index in [1.807, 2.05) is 0 Å². The number of hydrogen-bond acceptors (Lipinski definition) is 1. The van der Waals surface area contributed by atoms with Crippen LogP contribution in [0.2, 0.25) is 0 Å². The third-order valence-corrected chi connectivity index (χ3v) is 2.16. The van der Waals surface area contributed by atoms with Gasteiger partial charge in [0.1, 0.15) is 11.6 Å². The van der Waals surface area contributed by atoms with Gasteiger partial charge in [-0.15, -0.1) is 0 Å². The first-order valence-corrected chi connectivity index (χ1v) is 4.22. The van der Waals surface area contributed by atoms with E-state index in [2.05, 4.69) is 0 Å².